The summed E-state index contributed by atoms with van der Waals surface area (Å²) >= 11 is 0. The summed E-state index contributed by atoms with van der Waals surface area (Å²) < 4.78 is 18.1. The molecule has 0 radical (unpaired) electrons. The Morgan fingerprint density at radius 2 is 2.12 bits per heavy atom. The molecule has 1 aliphatic heterocycles. The molecule has 136 valence electrons. The second-order valence-corrected chi connectivity index (χ2v) is 6.33. The molecule has 2 rings (SSSR count). The van der Waals surface area contributed by atoms with Gasteiger partial charge in [0.2, 0.25) is 0 Å². The molecular weight excluding hydrogens is 332 g/mol. The van der Waals surface area contributed by atoms with Gasteiger partial charge >= 0.3 is 17.7 Å². The number of carbonyl (C=O) groups excluding carboxylic acids is 1. The summed E-state index contributed by atoms with van der Waals surface area (Å²) in [6.45, 7) is 2.83. The summed E-state index contributed by atoms with van der Waals surface area (Å²) in [5, 5.41) is 20.4. The van der Waals surface area contributed by atoms with Crippen LogP contribution in [0.25, 0.3) is 0 Å². The van der Waals surface area contributed by atoms with Gasteiger partial charge in [-0.25, -0.2) is 9.59 Å². The van der Waals surface area contributed by atoms with E-state index >= 15 is 0 Å². The SMILES string of the molecule is [2H]CC(C)(C)OC(=O)N1C[C@H](Oc2ccccc2[N+](=O)[O-])C[C@H]1C(=O)O. The normalized spacial score (nSPS) is 20.7. The van der Waals surface area contributed by atoms with E-state index in [-0.39, 0.29) is 31.3 Å². The zero-order chi connectivity index (χ0) is 19.5. The van der Waals surface area contributed by atoms with Gasteiger partial charge in [0, 0.05) is 13.9 Å². The van der Waals surface area contributed by atoms with Crippen molar-refractivity contribution in [3.05, 3.63) is 34.4 Å². The fourth-order valence-electron chi connectivity index (χ4n) is 2.50. The van der Waals surface area contributed by atoms with Gasteiger partial charge in [0.1, 0.15) is 17.7 Å². The largest absolute Gasteiger partial charge is 0.482 e. The summed E-state index contributed by atoms with van der Waals surface area (Å²) in [6, 6.07) is 4.58. The summed E-state index contributed by atoms with van der Waals surface area (Å²) in [5.74, 6) is -1.22. The lowest BCUT2D eigenvalue weighted by Gasteiger charge is -2.26. The number of para-hydroxylation sites is 2. The molecule has 9 heteroatoms. The van der Waals surface area contributed by atoms with E-state index in [1.165, 1.54) is 18.2 Å². The number of amides is 1. The summed E-state index contributed by atoms with van der Waals surface area (Å²) in [7, 11) is 0. The molecule has 1 aromatic rings. The molecular formula is C16H20N2O7. The van der Waals surface area contributed by atoms with Gasteiger partial charge in [-0.1, -0.05) is 12.1 Å². The van der Waals surface area contributed by atoms with Crippen LogP contribution >= 0.6 is 0 Å². The van der Waals surface area contributed by atoms with Crippen LogP contribution in [0.1, 0.15) is 28.5 Å². The van der Waals surface area contributed by atoms with Gasteiger partial charge < -0.3 is 14.6 Å². The number of nitro groups is 1. The fourth-order valence-corrected chi connectivity index (χ4v) is 2.50. The first-order valence-electron chi connectivity index (χ1n) is 8.27. The minimum absolute atomic E-state index is 0.00773. The standard InChI is InChI=1S/C16H20N2O7/c1-16(2,3)25-15(21)17-9-10(8-12(17)14(19)20)24-13-7-5-4-6-11(13)18(22)23/h4-7,10,12H,8-9H2,1-3H3,(H,19,20)/t10-,12+/m1/s1/i1D. The number of hydrogen-bond donors (Lipinski definition) is 1. The maximum Gasteiger partial charge on any atom is 0.411 e. The van der Waals surface area contributed by atoms with Crippen molar-refractivity contribution in [2.75, 3.05) is 6.54 Å². The van der Waals surface area contributed by atoms with E-state index in [2.05, 4.69) is 0 Å². The Kier molecular flexibility index (Phi) is 4.73. The predicted molar refractivity (Wildman–Crippen MR) is 86.5 cm³/mol. The van der Waals surface area contributed by atoms with Gasteiger partial charge in [-0.15, -0.1) is 0 Å². The maximum absolute atomic E-state index is 12.3. The molecule has 1 fully saturated rings. The minimum atomic E-state index is -1.22. The van der Waals surface area contributed by atoms with Crippen LogP contribution < -0.4 is 4.74 Å². The molecule has 0 spiro atoms. The van der Waals surface area contributed by atoms with Crippen molar-refractivity contribution >= 4 is 17.7 Å². The Hall–Kier alpha value is -2.84. The van der Waals surface area contributed by atoms with E-state index < -0.39 is 34.7 Å². The predicted octanol–water partition coefficient (Wildman–Crippen LogP) is 2.44. The zero-order valence-corrected chi connectivity index (χ0v) is 13.9. The van der Waals surface area contributed by atoms with Crippen LogP contribution in [0, 0.1) is 10.1 Å². The Balaban J connectivity index is 2.15. The highest BCUT2D eigenvalue weighted by Gasteiger charge is 2.43. The lowest BCUT2D eigenvalue weighted by molar-refractivity contribution is -0.386. The monoisotopic (exact) mass is 353 g/mol. The molecule has 1 aliphatic rings. The second-order valence-electron chi connectivity index (χ2n) is 6.33. The van der Waals surface area contributed by atoms with E-state index in [1.54, 1.807) is 19.9 Å². The number of nitrogens with zero attached hydrogens (tertiary/aromatic N) is 2. The lowest BCUT2D eigenvalue weighted by atomic mass is 10.2. The number of carboxylic acids is 1. The average molecular weight is 353 g/mol. The molecule has 2 atom stereocenters. The van der Waals surface area contributed by atoms with Crippen LogP contribution in [0.5, 0.6) is 5.75 Å². The molecule has 0 unspecified atom stereocenters. The van der Waals surface area contributed by atoms with Gasteiger partial charge in [-0.2, -0.15) is 0 Å². The number of ether oxygens (including phenoxy) is 2. The third kappa shape index (κ3) is 4.59. The number of likely N-dealkylation sites (tertiary alicyclic amines) is 1. The minimum Gasteiger partial charge on any atom is -0.482 e. The average Bonchev–Trinajstić information content (AvgIpc) is 2.99. The number of carbonyl (C=O) groups is 2. The van der Waals surface area contributed by atoms with Crippen molar-refractivity contribution < 1.29 is 30.5 Å². The number of aliphatic carboxylic acids is 1. The van der Waals surface area contributed by atoms with Crippen molar-refractivity contribution in [3.63, 3.8) is 0 Å². The first kappa shape index (κ1) is 17.0. The molecule has 0 saturated carbocycles. The number of hydrogen-bond acceptors (Lipinski definition) is 6. The Labute approximate surface area is 145 Å². The molecule has 9 nitrogen and oxygen atoms in total. The maximum atomic E-state index is 12.3. The van der Waals surface area contributed by atoms with E-state index in [0.29, 0.717) is 0 Å². The summed E-state index contributed by atoms with van der Waals surface area (Å²) in [5.41, 5.74) is -1.30. The number of benzene rings is 1. The molecule has 1 heterocycles. The molecule has 1 N–H and O–H groups in total. The third-order valence-electron chi connectivity index (χ3n) is 3.50. The van der Waals surface area contributed by atoms with E-state index in [9.17, 15) is 24.8 Å². The van der Waals surface area contributed by atoms with Crippen LogP contribution in [0.3, 0.4) is 0 Å². The van der Waals surface area contributed by atoms with E-state index in [0.717, 1.165) is 4.90 Å². The van der Waals surface area contributed by atoms with E-state index in [1.807, 2.05) is 0 Å². The van der Waals surface area contributed by atoms with Crippen LogP contribution in [0.15, 0.2) is 24.3 Å². The Bertz CT molecular complexity index is 710. The molecule has 0 bridgehead atoms. The van der Waals surface area contributed by atoms with Crippen molar-refractivity contribution in [3.8, 4) is 5.75 Å². The van der Waals surface area contributed by atoms with Gasteiger partial charge in [0.25, 0.3) is 0 Å². The second kappa shape index (κ2) is 6.96. The highest BCUT2D eigenvalue weighted by atomic mass is 16.6. The van der Waals surface area contributed by atoms with Gasteiger partial charge in [0.05, 0.1) is 11.5 Å². The topological polar surface area (TPSA) is 119 Å². The van der Waals surface area contributed by atoms with Gasteiger partial charge in [-0.3, -0.25) is 15.0 Å². The first-order chi connectivity index (χ1) is 12.1. The van der Waals surface area contributed by atoms with Gasteiger partial charge in [-0.05, 0) is 26.8 Å². The van der Waals surface area contributed by atoms with Crippen LogP contribution in [-0.4, -0.2) is 51.3 Å². The molecule has 1 amide bonds. The molecule has 1 saturated heterocycles. The van der Waals surface area contributed by atoms with E-state index in [4.69, 9.17) is 10.8 Å². The highest BCUT2D eigenvalue weighted by molar-refractivity contribution is 5.81. The number of carboxylic acid groups (broad SMARTS) is 1. The fraction of sp³-hybridized carbons (Fsp3) is 0.500. The van der Waals surface area contributed by atoms with Crippen LogP contribution in [0.4, 0.5) is 10.5 Å². The van der Waals surface area contributed by atoms with Gasteiger partial charge in [0.15, 0.2) is 5.75 Å². The summed E-state index contributed by atoms with van der Waals surface area (Å²) in [4.78, 5) is 35.3. The third-order valence-corrected chi connectivity index (χ3v) is 3.50. The van der Waals surface area contributed by atoms with Crippen molar-refractivity contribution in [2.45, 2.75) is 44.9 Å². The van der Waals surface area contributed by atoms with Crippen molar-refractivity contribution in [1.29, 1.82) is 0 Å². The smallest absolute Gasteiger partial charge is 0.411 e. The molecule has 25 heavy (non-hydrogen) atoms. The molecule has 0 aromatic heterocycles. The summed E-state index contributed by atoms with van der Waals surface area (Å²) in [6.07, 6.45) is -1.62. The number of rotatable bonds is 4. The highest BCUT2D eigenvalue weighted by Crippen LogP contribution is 2.30. The quantitative estimate of drug-likeness (QED) is 0.652. The Morgan fingerprint density at radius 1 is 1.44 bits per heavy atom. The van der Waals surface area contributed by atoms with Crippen LogP contribution in [-0.2, 0) is 9.53 Å². The Morgan fingerprint density at radius 3 is 2.72 bits per heavy atom. The first-order valence-corrected chi connectivity index (χ1v) is 7.56. The lowest BCUT2D eigenvalue weighted by Crippen LogP contribution is -2.43. The number of nitro benzene ring substituents is 1. The van der Waals surface area contributed by atoms with Crippen LogP contribution in [0.2, 0.25) is 0 Å². The van der Waals surface area contributed by atoms with Crippen molar-refractivity contribution in [1.82, 2.24) is 4.90 Å². The molecule has 1 aromatic carbocycles. The van der Waals surface area contributed by atoms with Crippen molar-refractivity contribution in [2.24, 2.45) is 0 Å². The zero-order valence-electron chi connectivity index (χ0n) is 14.9. The molecule has 0 aliphatic carbocycles.